The van der Waals surface area contributed by atoms with Gasteiger partial charge in [-0.2, -0.15) is 0 Å². The van der Waals surface area contributed by atoms with Gasteiger partial charge in [-0.15, -0.1) is 0 Å². The third-order valence-corrected chi connectivity index (χ3v) is 6.40. The van der Waals surface area contributed by atoms with Crippen LogP contribution in [0.25, 0.3) is 22.6 Å². The highest BCUT2D eigenvalue weighted by molar-refractivity contribution is 6.35. The summed E-state index contributed by atoms with van der Waals surface area (Å²) in [5, 5.41) is 16.5. The number of carboxylic acid groups (broad SMARTS) is 1. The van der Waals surface area contributed by atoms with Crippen molar-refractivity contribution in [2.24, 2.45) is 0 Å². The molecule has 0 unspecified atom stereocenters. The lowest BCUT2D eigenvalue weighted by molar-refractivity contribution is -0.110. The smallest absolute Gasteiger partial charge is 0.352 e. The normalized spacial score (nSPS) is 13.6. The van der Waals surface area contributed by atoms with Crippen molar-refractivity contribution in [2.45, 2.75) is 13.5 Å². The maximum Gasteiger partial charge on any atom is 0.352 e. The highest BCUT2D eigenvalue weighted by Gasteiger charge is 2.30. The molecule has 0 spiro atoms. The Morgan fingerprint density at radius 3 is 2.73 bits per heavy atom. The van der Waals surface area contributed by atoms with Gasteiger partial charge in [0, 0.05) is 35.0 Å². The summed E-state index contributed by atoms with van der Waals surface area (Å²) in [6.45, 7) is 2.56. The van der Waals surface area contributed by atoms with Crippen LogP contribution in [0, 0.1) is 6.92 Å². The zero-order chi connectivity index (χ0) is 25.5. The third-order valence-electron chi connectivity index (χ3n) is 6.40. The second kappa shape index (κ2) is 8.80. The molecule has 2 aromatic carbocycles. The molecule has 0 fully saturated rings. The van der Waals surface area contributed by atoms with Gasteiger partial charge in [0.05, 0.1) is 11.1 Å². The fraction of sp³-hybridized carbons (Fsp3) is 0.0714. The second-order valence-corrected chi connectivity index (χ2v) is 8.87. The van der Waals surface area contributed by atoms with Gasteiger partial charge in [-0.3, -0.25) is 4.79 Å². The number of rotatable bonds is 6. The minimum Gasteiger partial charge on any atom is -0.477 e. The monoisotopic (exact) mass is 490 g/mol. The highest BCUT2D eigenvalue weighted by Crippen LogP contribution is 2.37. The molecule has 9 heteroatoms. The van der Waals surface area contributed by atoms with Gasteiger partial charge in [-0.05, 0) is 54.5 Å². The average molecular weight is 491 g/mol. The maximum atomic E-state index is 12.8. The van der Waals surface area contributed by atoms with Crippen LogP contribution in [0.5, 0.6) is 0 Å². The maximum absolute atomic E-state index is 12.8. The number of benzene rings is 2. The van der Waals surface area contributed by atoms with Crippen LogP contribution in [-0.2, 0) is 11.3 Å². The molecule has 4 heterocycles. The summed E-state index contributed by atoms with van der Waals surface area (Å²) in [6, 6.07) is 20.0. The Balaban J connectivity index is 1.33. The van der Waals surface area contributed by atoms with Gasteiger partial charge >= 0.3 is 5.97 Å². The number of carbonyl (C=O) groups is 2. The minimum absolute atomic E-state index is 0.0538. The van der Waals surface area contributed by atoms with Crippen molar-refractivity contribution in [3.8, 4) is 0 Å². The van der Waals surface area contributed by atoms with Crippen molar-refractivity contribution in [1.29, 1.82) is 0 Å². The molecule has 1 aliphatic rings. The number of H-pyrrole nitrogens is 1. The molecule has 0 atom stereocenters. The number of aromatic nitrogens is 4. The molecule has 9 nitrogen and oxygen atoms in total. The molecule has 5 aromatic rings. The Morgan fingerprint density at radius 1 is 1.11 bits per heavy atom. The van der Waals surface area contributed by atoms with Crippen molar-refractivity contribution in [3.63, 3.8) is 0 Å². The van der Waals surface area contributed by atoms with E-state index in [1.165, 1.54) is 18.0 Å². The molecule has 0 radical (unpaired) electrons. The van der Waals surface area contributed by atoms with E-state index in [4.69, 9.17) is 0 Å². The number of aromatic amines is 1. The number of amides is 1. The van der Waals surface area contributed by atoms with E-state index in [9.17, 15) is 14.7 Å². The van der Waals surface area contributed by atoms with Gasteiger partial charge in [-0.1, -0.05) is 30.3 Å². The first-order valence-corrected chi connectivity index (χ1v) is 11.7. The van der Waals surface area contributed by atoms with Crippen molar-refractivity contribution in [1.82, 2.24) is 19.5 Å². The van der Waals surface area contributed by atoms with E-state index >= 15 is 0 Å². The van der Waals surface area contributed by atoms with Crippen LogP contribution >= 0.6 is 0 Å². The Kier molecular flexibility index (Phi) is 5.30. The van der Waals surface area contributed by atoms with E-state index in [0.29, 0.717) is 34.0 Å². The molecule has 0 aliphatic carbocycles. The summed E-state index contributed by atoms with van der Waals surface area (Å²) in [5.41, 5.74) is 5.32. The number of fused-ring (bicyclic) bond motifs is 2. The first kappa shape index (κ1) is 22.3. The van der Waals surface area contributed by atoms with E-state index in [1.807, 2.05) is 30.3 Å². The third kappa shape index (κ3) is 4.12. The quantitative estimate of drug-likeness (QED) is 0.247. The topological polar surface area (TPSA) is 125 Å². The predicted octanol–water partition coefficient (Wildman–Crippen LogP) is 5.05. The Morgan fingerprint density at radius 2 is 1.95 bits per heavy atom. The summed E-state index contributed by atoms with van der Waals surface area (Å²) in [7, 11) is 0. The molecule has 37 heavy (non-hydrogen) atoms. The zero-order valence-corrected chi connectivity index (χ0v) is 19.8. The van der Waals surface area contributed by atoms with Crippen LogP contribution in [-0.4, -0.2) is 36.5 Å². The van der Waals surface area contributed by atoms with Crippen molar-refractivity contribution in [3.05, 3.63) is 101 Å². The van der Waals surface area contributed by atoms with Gasteiger partial charge in [0.15, 0.2) is 0 Å². The molecule has 0 bridgehead atoms. The first-order valence-electron chi connectivity index (χ1n) is 11.7. The van der Waals surface area contributed by atoms with Crippen molar-refractivity contribution < 1.29 is 14.7 Å². The van der Waals surface area contributed by atoms with Crippen molar-refractivity contribution >= 4 is 51.8 Å². The van der Waals surface area contributed by atoms with Crippen LogP contribution in [0.3, 0.4) is 0 Å². The summed E-state index contributed by atoms with van der Waals surface area (Å²) in [5.74, 6) is -0.535. The number of carboxylic acids is 1. The first-order chi connectivity index (χ1) is 18.0. The molecule has 3 aromatic heterocycles. The van der Waals surface area contributed by atoms with Crippen LogP contribution in [0.2, 0.25) is 0 Å². The second-order valence-electron chi connectivity index (χ2n) is 8.87. The standard InChI is InChI=1S/C28H22N6O3/c1-16-11-22(28(36)37)32-21(16)13-20-24-25(29-15-30-26(24)33-27(20)35)31-19-7-8-23-18(12-19)9-10-34(23)14-17-5-3-2-4-6-17/h2-13,15,32H,14H2,1H3,(H,36,37)(H2,29,30,31,33,35)/b20-13-. The summed E-state index contributed by atoms with van der Waals surface area (Å²) in [4.78, 5) is 35.6. The SMILES string of the molecule is Cc1cc(C(=O)O)[nH]c1/C=C1\C(=O)Nc2ncnc(Nc3ccc4c(ccn4Cc4ccccc4)c3)c21. The Bertz CT molecular complexity index is 1710. The number of anilines is 3. The van der Waals surface area contributed by atoms with Gasteiger partial charge < -0.3 is 25.3 Å². The summed E-state index contributed by atoms with van der Waals surface area (Å²) in [6.07, 6.45) is 5.09. The lowest BCUT2D eigenvalue weighted by Gasteiger charge is -2.11. The van der Waals surface area contributed by atoms with E-state index in [1.54, 1.807) is 13.0 Å². The highest BCUT2D eigenvalue weighted by atomic mass is 16.4. The number of nitrogens with zero attached hydrogens (tertiary/aromatic N) is 3. The van der Waals surface area contributed by atoms with Gasteiger partial charge in [0.1, 0.15) is 23.7 Å². The lowest BCUT2D eigenvalue weighted by atomic mass is 10.1. The largest absolute Gasteiger partial charge is 0.477 e. The number of aromatic carboxylic acids is 1. The molecule has 182 valence electrons. The number of nitrogens with one attached hydrogen (secondary N) is 3. The van der Waals surface area contributed by atoms with Gasteiger partial charge in [-0.25, -0.2) is 14.8 Å². The van der Waals surface area contributed by atoms with E-state index in [2.05, 4.69) is 60.6 Å². The molecular weight excluding hydrogens is 468 g/mol. The van der Waals surface area contributed by atoms with Crippen molar-refractivity contribution in [2.75, 3.05) is 10.6 Å². The van der Waals surface area contributed by atoms with E-state index in [-0.39, 0.29) is 11.6 Å². The average Bonchev–Trinajstić information content (AvgIpc) is 3.56. The van der Waals surface area contributed by atoms with Gasteiger partial charge in [0.25, 0.3) is 5.91 Å². The predicted molar refractivity (Wildman–Crippen MR) is 142 cm³/mol. The van der Waals surface area contributed by atoms with E-state index in [0.717, 1.165) is 23.1 Å². The zero-order valence-electron chi connectivity index (χ0n) is 19.8. The molecule has 1 aliphatic heterocycles. The summed E-state index contributed by atoms with van der Waals surface area (Å²) >= 11 is 0. The minimum atomic E-state index is -1.07. The van der Waals surface area contributed by atoms with Crippen LogP contribution in [0.15, 0.2) is 73.2 Å². The Hall–Kier alpha value is -5.18. The number of carbonyl (C=O) groups excluding carboxylic acids is 1. The number of hydrogen-bond donors (Lipinski definition) is 4. The lowest BCUT2D eigenvalue weighted by Crippen LogP contribution is -2.04. The molecule has 1 amide bonds. The molecular formula is C28H22N6O3. The Labute approximate surface area is 211 Å². The van der Waals surface area contributed by atoms with Gasteiger partial charge in [0.2, 0.25) is 0 Å². The molecule has 0 saturated heterocycles. The van der Waals surface area contributed by atoms with Crippen LogP contribution in [0.4, 0.5) is 17.3 Å². The number of hydrogen-bond acceptors (Lipinski definition) is 5. The molecule has 6 rings (SSSR count). The summed E-state index contributed by atoms with van der Waals surface area (Å²) < 4.78 is 2.20. The molecule has 4 N–H and O–H groups in total. The van der Waals surface area contributed by atoms with E-state index < -0.39 is 5.97 Å². The fourth-order valence-corrected chi connectivity index (χ4v) is 4.57. The fourth-order valence-electron chi connectivity index (χ4n) is 4.57. The van der Waals surface area contributed by atoms with Crippen LogP contribution < -0.4 is 10.6 Å². The van der Waals surface area contributed by atoms with Crippen LogP contribution in [0.1, 0.15) is 32.9 Å². The molecule has 0 saturated carbocycles. The number of aryl methyl sites for hydroxylation is 1.